The van der Waals surface area contributed by atoms with Gasteiger partial charge in [0.2, 0.25) is 11.9 Å². The number of methoxy groups -OCH3 is 1. The lowest BCUT2D eigenvalue weighted by Gasteiger charge is -2.26. The Morgan fingerprint density at radius 1 is 1.06 bits per heavy atom. The molecule has 0 spiro atoms. The van der Waals surface area contributed by atoms with Gasteiger partial charge in [0, 0.05) is 24.0 Å². The highest BCUT2D eigenvalue weighted by atomic mass is 16.5. The number of amides is 1. The second-order valence-electron chi connectivity index (χ2n) is 8.91. The lowest BCUT2D eigenvalue weighted by Crippen LogP contribution is -2.42. The molecule has 2 N–H and O–H groups in total. The van der Waals surface area contributed by atoms with Crippen molar-refractivity contribution in [1.29, 1.82) is 0 Å². The number of fused-ring (bicyclic) bond motifs is 3. The average molecular weight is 474 g/mol. The summed E-state index contributed by atoms with van der Waals surface area (Å²) in [7, 11) is 1.64. The van der Waals surface area contributed by atoms with Crippen molar-refractivity contribution in [3.63, 3.8) is 0 Å². The third kappa shape index (κ3) is 5.05. The molecule has 0 unspecified atom stereocenters. The smallest absolute Gasteiger partial charge is 0.242 e. The molecule has 1 atom stereocenters. The number of nitrogens with zero attached hydrogens (tertiary/aromatic N) is 5. The van der Waals surface area contributed by atoms with Crippen molar-refractivity contribution in [2.75, 3.05) is 38.6 Å². The van der Waals surface area contributed by atoms with Gasteiger partial charge in [0.25, 0.3) is 0 Å². The molecule has 2 aromatic heterocycles. The molecule has 0 aliphatic carbocycles. The lowest BCUT2D eigenvalue weighted by molar-refractivity contribution is -0.121. The van der Waals surface area contributed by atoms with Crippen LogP contribution in [0.15, 0.2) is 48.5 Å². The first-order valence-corrected chi connectivity index (χ1v) is 12.2. The number of carbonyl (C=O) groups is 1. The van der Waals surface area contributed by atoms with Gasteiger partial charge in [-0.2, -0.15) is 4.52 Å². The molecule has 1 fully saturated rings. The summed E-state index contributed by atoms with van der Waals surface area (Å²) < 4.78 is 6.94. The van der Waals surface area contributed by atoms with E-state index in [1.165, 1.54) is 19.3 Å². The minimum absolute atomic E-state index is 0.0689. The van der Waals surface area contributed by atoms with E-state index < -0.39 is 6.04 Å². The summed E-state index contributed by atoms with van der Waals surface area (Å²) in [5, 5.41) is 11.9. The van der Waals surface area contributed by atoms with Crippen LogP contribution in [0.4, 0.5) is 5.95 Å². The Bertz CT molecular complexity index is 1310. The van der Waals surface area contributed by atoms with Gasteiger partial charge in [0.1, 0.15) is 11.8 Å². The number of piperidine rings is 1. The number of aromatic nitrogens is 4. The maximum absolute atomic E-state index is 12.8. The first kappa shape index (κ1) is 23.0. The van der Waals surface area contributed by atoms with E-state index in [9.17, 15) is 4.79 Å². The van der Waals surface area contributed by atoms with Crippen LogP contribution in [-0.4, -0.2) is 69.7 Å². The number of hydrogen-bond donors (Lipinski definition) is 2. The maximum atomic E-state index is 12.8. The Kier molecular flexibility index (Phi) is 6.76. The number of hydrogen-bond acceptors (Lipinski definition) is 7. The molecule has 1 saturated heterocycles. The number of benzene rings is 2. The van der Waals surface area contributed by atoms with E-state index in [-0.39, 0.29) is 5.91 Å². The van der Waals surface area contributed by atoms with Gasteiger partial charge in [-0.3, -0.25) is 4.79 Å². The van der Waals surface area contributed by atoms with Crippen molar-refractivity contribution in [3.05, 3.63) is 48.5 Å². The molecule has 0 bridgehead atoms. The maximum Gasteiger partial charge on any atom is 0.242 e. The summed E-state index contributed by atoms with van der Waals surface area (Å²) in [6.45, 7) is 5.58. The molecule has 9 heteroatoms. The van der Waals surface area contributed by atoms with Gasteiger partial charge in [-0.25, -0.2) is 9.97 Å². The van der Waals surface area contributed by atoms with Gasteiger partial charge in [0.05, 0.1) is 12.6 Å². The highest BCUT2D eigenvalue weighted by Gasteiger charge is 2.19. The summed E-state index contributed by atoms with van der Waals surface area (Å²) in [5.41, 5.74) is 2.34. The Hall–Kier alpha value is -3.72. The zero-order valence-electron chi connectivity index (χ0n) is 20.2. The summed E-state index contributed by atoms with van der Waals surface area (Å²) in [5.74, 6) is 1.75. The van der Waals surface area contributed by atoms with Gasteiger partial charge in [0.15, 0.2) is 11.5 Å². The van der Waals surface area contributed by atoms with Crippen molar-refractivity contribution in [2.24, 2.45) is 0 Å². The second kappa shape index (κ2) is 10.3. The molecule has 2 aromatic carbocycles. The highest BCUT2D eigenvalue weighted by Crippen LogP contribution is 2.25. The van der Waals surface area contributed by atoms with Gasteiger partial charge >= 0.3 is 0 Å². The van der Waals surface area contributed by atoms with Crippen molar-refractivity contribution in [1.82, 2.24) is 29.8 Å². The molecule has 4 aromatic rings. The van der Waals surface area contributed by atoms with Crippen LogP contribution >= 0.6 is 0 Å². The fourth-order valence-corrected chi connectivity index (χ4v) is 4.44. The second-order valence-corrected chi connectivity index (χ2v) is 8.91. The van der Waals surface area contributed by atoms with Gasteiger partial charge in [-0.1, -0.05) is 18.6 Å². The van der Waals surface area contributed by atoms with E-state index >= 15 is 0 Å². The van der Waals surface area contributed by atoms with Crippen LogP contribution in [0.5, 0.6) is 5.75 Å². The quantitative estimate of drug-likeness (QED) is 0.405. The van der Waals surface area contributed by atoms with Crippen LogP contribution in [0.1, 0.15) is 26.2 Å². The van der Waals surface area contributed by atoms with Gasteiger partial charge < -0.3 is 20.3 Å². The Morgan fingerprint density at radius 3 is 2.60 bits per heavy atom. The Morgan fingerprint density at radius 2 is 1.83 bits per heavy atom. The van der Waals surface area contributed by atoms with Crippen molar-refractivity contribution < 1.29 is 9.53 Å². The summed E-state index contributed by atoms with van der Waals surface area (Å²) in [6.07, 6.45) is 3.79. The predicted molar refractivity (Wildman–Crippen MR) is 137 cm³/mol. The number of anilines is 1. The number of likely N-dealkylation sites (tertiary alicyclic amines) is 1. The van der Waals surface area contributed by atoms with E-state index in [2.05, 4.69) is 15.5 Å². The van der Waals surface area contributed by atoms with Crippen LogP contribution in [0, 0.1) is 0 Å². The third-order valence-electron chi connectivity index (χ3n) is 6.44. The molecule has 35 heavy (non-hydrogen) atoms. The van der Waals surface area contributed by atoms with E-state index in [0.29, 0.717) is 24.0 Å². The first-order valence-electron chi connectivity index (χ1n) is 12.2. The number of ether oxygens (including phenoxy) is 1. The van der Waals surface area contributed by atoms with Crippen LogP contribution in [0.2, 0.25) is 0 Å². The Labute approximate surface area is 204 Å². The molecule has 9 nitrogen and oxygen atoms in total. The number of carbonyl (C=O) groups excluding carboxylic acids is 1. The summed E-state index contributed by atoms with van der Waals surface area (Å²) >= 11 is 0. The van der Waals surface area contributed by atoms with Crippen molar-refractivity contribution >= 4 is 28.4 Å². The van der Waals surface area contributed by atoms with Crippen molar-refractivity contribution in [2.45, 2.75) is 32.2 Å². The molecule has 182 valence electrons. The highest BCUT2D eigenvalue weighted by molar-refractivity contribution is 5.93. The van der Waals surface area contributed by atoms with E-state index in [0.717, 1.165) is 41.9 Å². The summed E-state index contributed by atoms with van der Waals surface area (Å²) in [6, 6.07) is 14.9. The van der Waals surface area contributed by atoms with Gasteiger partial charge in [-0.15, -0.1) is 5.10 Å². The standard InChI is InChI=1S/C26H31N7O2/c1-18(25(34)27-14-17-32-15-6-3-7-16-32)28-26-29-22-9-5-4-8-21(22)24-30-23(31-33(24)26)19-10-12-20(35-2)13-11-19/h4-5,8-13,18H,3,6-7,14-17H2,1-2H3,(H,27,34)(H,28,29)/t18-/m1/s1. The monoisotopic (exact) mass is 473 g/mol. The average Bonchev–Trinajstić information content (AvgIpc) is 3.35. The molecular weight excluding hydrogens is 442 g/mol. The zero-order chi connectivity index (χ0) is 24.2. The van der Waals surface area contributed by atoms with E-state index in [4.69, 9.17) is 19.8 Å². The molecule has 1 amide bonds. The predicted octanol–water partition coefficient (Wildman–Crippen LogP) is 3.36. The number of rotatable bonds is 8. The topological polar surface area (TPSA) is 96.7 Å². The van der Waals surface area contributed by atoms with Crippen LogP contribution < -0.4 is 15.4 Å². The molecule has 3 heterocycles. The molecule has 0 saturated carbocycles. The SMILES string of the molecule is COc1ccc(-c2nc3c4ccccc4nc(N[C@H](C)C(=O)NCCN4CCCCC4)n3n2)cc1. The molecule has 1 aliphatic heterocycles. The van der Waals surface area contributed by atoms with Crippen molar-refractivity contribution in [3.8, 4) is 17.1 Å². The van der Waals surface area contributed by atoms with E-state index in [1.54, 1.807) is 11.6 Å². The minimum atomic E-state index is -0.484. The number of para-hydroxylation sites is 1. The number of nitrogens with one attached hydrogen (secondary N) is 2. The summed E-state index contributed by atoms with van der Waals surface area (Å²) in [4.78, 5) is 24.8. The third-order valence-corrected chi connectivity index (χ3v) is 6.44. The zero-order valence-corrected chi connectivity index (χ0v) is 20.2. The molecule has 5 rings (SSSR count). The normalized spacial score (nSPS) is 15.3. The van der Waals surface area contributed by atoms with Gasteiger partial charge in [-0.05, 0) is 69.3 Å². The fraction of sp³-hybridized carbons (Fsp3) is 0.385. The molecular formula is C26H31N7O2. The Balaban J connectivity index is 1.37. The largest absolute Gasteiger partial charge is 0.497 e. The van der Waals surface area contributed by atoms with Crippen LogP contribution in [0.25, 0.3) is 27.9 Å². The minimum Gasteiger partial charge on any atom is -0.497 e. The first-order chi connectivity index (χ1) is 17.1. The molecule has 0 radical (unpaired) electrons. The van der Waals surface area contributed by atoms with Crippen LogP contribution in [0.3, 0.4) is 0 Å². The van der Waals surface area contributed by atoms with Crippen LogP contribution in [-0.2, 0) is 4.79 Å². The molecule has 1 aliphatic rings. The van der Waals surface area contributed by atoms with E-state index in [1.807, 2.05) is 55.5 Å². The lowest BCUT2D eigenvalue weighted by atomic mass is 10.1. The fourth-order valence-electron chi connectivity index (χ4n) is 4.44.